The fourth-order valence-electron chi connectivity index (χ4n) is 1.08. The van der Waals surface area contributed by atoms with Gasteiger partial charge in [-0.05, 0) is 25.3 Å². The Hall–Kier alpha value is -0.830. The summed E-state index contributed by atoms with van der Waals surface area (Å²) in [4.78, 5) is 0. The molecule has 1 aromatic carbocycles. The average Bonchev–Trinajstić information content (AvgIpc) is 2.21. The van der Waals surface area contributed by atoms with Gasteiger partial charge >= 0.3 is 0 Å². The first-order valence-electron chi connectivity index (χ1n) is 4.72. The van der Waals surface area contributed by atoms with Crippen molar-refractivity contribution >= 4 is 11.8 Å². The lowest BCUT2D eigenvalue weighted by atomic mass is 10.3. The summed E-state index contributed by atoms with van der Waals surface area (Å²) in [6.07, 6.45) is 2.07. The maximum atomic E-state index is 5.58. The quantitative estimate of drug-likeness (QED) is 0.676. The van der Waals surface area contributed by atoms with Gasteiger partial charge in [0.1, 0.15) is 0 Å². The zero-order valence-electron chi connectivity index (χ0n) is 8.66. The molecule has 0 aliphatic heterocycles. The van der Waals surface area contributed by atoms with Crippen molar-refractivity contribution in [3.63, 3.8) is 0 Å². The van der Waals surface area contributed by atoms with E-state index in [4.69, 9.17) is 9.47 Å². The van der Waals surface area contributed by atoms with E-state index in [0.29, 0.717) is 6.61 Å². The molecule has 0 spiro atoms. The maximum absolute atomic E-state index is 5.58. The molecular formula is C11H16O2S. The lowest BCUT2D eigenvalue weighted by molar-refractivity contribution is 0.289. The van der Waals surface area contributed by atoms with Crippen LogP contribution in [0.2, 0.25) is 0 Å². The SMILES string of the molecule is CCOc1ccccc1OCCSC. The fourth-order valence-corrected chi connectivity index (χ4v) is 1.33. The molecular weight excluding hydrogens is 196 g/mol. The van der Waals surface area contributed by atoms with Crippen LogP contribution in [-0.4, -0.2) is 25.2 Å². The van der Waals surface area contributed by atoms with Crippen molar-refractivity contribution in [1.82, 2.24) is 0 Å². The van der Waals surface area contributed by atoms with Crippen LogP contribution in [0.25, 0.3) is 0 Å². The molecule has 0 heterocycles. The van der Waals surface area contributed by atoms with Crippen molar-refractivity contribution in [3.05, 3.63) is 24.3 Å². The molecule has 0 atom stereocenters. The lowest BCUT2D eigenvalue weighted by Gasteiger charge is -2.10. The molecule has 0 unspecified atom stereocenters. The molecule has 0 saturated heterocycles. The average molecular weight is 212 g/mol. The molecule has 0 radical (unpaired) electrons. The molecule has 0 aromatic heterocycles. The van der Waals surface area contributed by atoms with Crippen LogP contribution >= 0.6 is 11.8 Å². The van der Waals surface area contributed by atoms with Gasteiger partial charge in [0.05, 0.1) is 13.2 Å². The predicted octanol–water partition coefficient (Wildman–Crippen LogP) is 2.83. The normalized spacial score (nSPS) is 9.86. The Morgan fingerprint density at radius 2 is 1.79 bits per heavy atom. The topological polar surface area (TPSA) is 18.5 Å². The highest BCUT2D eigenvalue weighted by Gasteiger charge is 2.01. The Labute approximate surface area is 89.6 Å². The van der Waals surface area contributed by atoms with Gasteiger partial charge in [0.2, 0.25) is 0 Å². The van der Waals surface area contributed by atoms with Gasteiger partial charge in [-0.2, -0.15) is 11.8 Å². The molecule has 0 amide bonds. The maximum Gasteiger partial charge on any atom is 0.161 e. The Morgan fingerprint density at radius 1 is 1.14 bits per heavy atom. The van der Waals surface area contributed by atoms with Crippen LogP contribution in [0, 0.1) is 0 Å². The zero-order valence-corrected chi connectivity index (χ0v) is 9.47. The lowest BCUT2D eigenvalue weighted by Crippen LogP contribution is -2.02. The van der Waals surface area contributed by atoms with Gasteiger partial charge in [-0.3, -0.25) is 0 Å². The minimum atomic E-state index is 0.670. The zero-order chi connectivity index (χ0) is 10.2. The summed E-state index contributed by atoms with van der Waals surface area (Å²) in [6, 6.07) is 7.77. The second-order valence-corrected chi connectivity index (χ2v) is 3.71. The number of para-hydroxylation sites is 2. The van der Waals surface area contributed by atoms with Gasteiger partial charge in [0.15, 0.2) is 11.5 Å². The third-order valence-corrected chi connectivity index (χ3v) is 2.27. The molecule has 14 heavy (non-hydrogen) atoms. The van der Waals surface area contributed by atoms with E-state index in [1.54, 1.807) is 11.8 Å². The van der Waals surface area contributed by atoms with Crippen LogP contribution in [0.1, 0.15) is 6.92 Å². The minimum absolute atomic E-state index is 0.670. The number of benzene rings is 1. The summed E-state index contributed by atoms with van der Waals surface area (Å²) < 4.78 is 11.0. The highest BCUT2D eigenvalue weighted by atomic mass is 32.2. The van der Waals surface area contributed by atoms with Crippen LogP contribution in [-0.2, 0) is 0 Å². The molecule has 78 valence electrons. The van der Waals surface area contributed by atoms with Crippen molar-refractivity contribution in [1.29, 1.82) is 0 Å². The monoisotopic (exact) mass is 212 g/mol. The van der Waals surface area contributed by atoms with Crippen molar-refractivity contribution < 1.29 is 9.47 Å². The number of ether oxygens (including phenoxy) is 2. The van der Waals surface area contributed by atoms with Crippen molar-refractivity contribution in [2.45, 2.75) is 6.92 Å². The smallest absolute Gasteiger partial charge is 0.161 e. The summed E-state index contributed by atoms with van der Waals surface area (Å²) in [6.45, 7) is 3.37. The van der Waals surface area contributed by atoms with Crippen molar-refractivity contribution in [3.8, 4) is 11.5 Å². The van der Waals surface area contributed by atoms with E-state index in [2.05, 4.69) is 6.26 Å². The molecule has 2 nitrogen and oxygen atoms in total. The Bertz CT molecular complexity index is 263. The number of rotatable bonds is 6. The van der Waals surface area contributed by atoms with E-state index in [1.807, 2.05) is 31.2 Å². The molecule has 1 rings (SSSR count). The Balaban J connectivity index is 2.55. The van der Waals surface area contributed by atoms with E-state index < -0.39 is 0 Å². The second kappa shape index (κ2) is 6.60. The van der Waals surface area contributed by atoms with Gasteiger partial charge < -0.3 is 9.47 Å². The molecule has 0 aliphatic rings. The molecule has 1 aromatic rings. The summed E-state index contributed by atoms with van der Waals surface area (Å²) >= 11 is 1.77. The van der Waals surface area contributed by atoms with Gasteiger partial charge in [-0.25, -0.2) is 0 Å². The highest BCUT2D eigenvalue weighted by molar-refractivity contribution is 7.98. The molecule has 0 aliphatic carbocycles. The first-order chi connectivity index (χ1) is 6.88. The van der Waals surface area contributed by atoms with Gasteiger partial charge in [-0.1, -0.05) is 12.1 Å². The first kappa shape index (κ1) is 11.2. The Morgan fingerprint density at radius 3 is 2.36 bits per heavy atom. The van der Waals surface area contributed by atoms with Crippen LogP contribution < -0.4 is 9.47 Å². The van der Waals surface area contributed by atoms with Crippen molar-refractivity contribution in [2.75, 3.05) is 25.2 Å². The van der Waals surface area contributed by atoms with E-state index in [1.165, 1.54) is 0 Å². The van der Waals surface area contributed by atoms with Gasteiger partial charge in [-0.15, -0.1) is 0 Å². The van der Waals surface area contributed by atoms with E-state index in [9.17, 15) is 0 Å². The van der Waals surface area contributed by atoms with Crippen LogP contribution in [0.15, 0.2) is 24.3 Å². The Kier molecular flexibility index (Phi) is 5.30. The molecule has 0 fully saturated rings. The number of hydrogen-bond acceptors (Lipinski definition) is 3. The third kappa shape index (κ3) is 3.50. The third-order valence-electron chi connectivity index (χ3n) is 1.69. The molecule has 3 heteroatoms. The second-order valence-electron chi connectivity index (χ2n) is 2.72. The van der Waals surface area contributed by atoms with E-state index in [0.717, 1.165) is 23.9 Å². The largest absolute Gasteiger partial charge is 0.490 e. The van der Waals surface area contributed by atoms with E-state index in [-0.39, 0.29) is 0 Å². The van der Waals surface area contributed by atoms with E-state index >= 15 is 0 Å². The van der Waals surface area contributed by atoms with Crippen LogP contribution in [0.4, 0.5) is 0 Å². The van der Waals surface area contributed by atoms with Gasteiger partial charge in [0, 0.05) is 5.75 Å². The summed E-state index contributed by atoms with van der Waals surface area (Å²) in [5.41, 5.74) is 0. The van der Waals surface area contributed by atoms with Gasteiger partial charge in [0.25, 0.3) is 0 Å². The highest BCUT2D eigenvalue weighted by Crippen LogP contribution is 2.26. The summed E-state index contributed by atoms with van der Waals surface area (Å²) in [5.74, 6) is 2.67. The summed E-state index contributed by atoms with van der Waals surface area (Å²) in [5, 5.41) is 0. The fraction of sp³-hybridized carbons (Fsp3) is 0.455. The first-order valence-corrected chi connectivity index (χ1v) is 6.11. The molecule has 0 saturated carbocycles. The molecule has 0 bridgehead atoms. The summed E-state index contributed by atoms with van der Waals surface area (Å²) in [7, 11) is 0. The standard InChI is InChI=1S/C11H16O2S/c1-3-12-10-6-4-5-7-11(10)13-8-9-14-2/h4-7H,3,8-9H2,1-2H3. The van der Waals surface area contributed by atoms with Crippen LogP contribution in [0.5, 0.6) is 11.5 Å². The van der Waals surface area contributed by atoms with Crippen LogP contribution in [0.3, 0.4) is 0 Å². The number of thioether (sulfide) groups is 1. The van der Waals surface area contributed by atoms with Crippen molar-refractivity contribution in [2.24, 2.45) is 0 Å². The number of hydrogen-bond donors (Lipinski definition) is 0. The minimum Gasteiger partial charge on any atom is -0.490 e. The molecule has 0 N–H and O–H groups in total. The predicted molar refractivity (Wildman–Crippen MR) is 61.5 cm³/mol.